The standard InChI is InChI=1S/C17H14Cl2N4O/c1-23-16(11-4-6-20-7-5-11)9-13(22-23)10-21-17(24)14-8-12(18)2-3-15(14)19/h2-9H,10H2,1H3,(H,21,24). The van der Waals surface area contributed by atoms with Gasteiger partial charge in [-0.1, -0.05) is 23.2 Å². The van der Waals surface area contributed by atoms with Crippen LogP contribution in [-0.4, -0.2) is 20.7 Å². The van der Waals surface area contributed by atoms with Gasteiger partial charge in [0.25, 0.3) is 5.91 Å². The molecule has 1 aromatic carbocycles. The van der Waals surface area contributed by atoms with Crippen molar-refractivity contribution in [3.63, 3.8) is 0 Å². The number of nitrogens with one attached hydrogen (secondary N) is 1. The molecule has 0 saturated heterocycles. The molecule has 122 valence electrons. The predicted molar refractivity (Wildman–Crippen MR) is 94.1 cm³/mol. The largest absolute Gasteiger partial charge is 0.346 e. The summed E-state index contributed by atoms with van der Waals surface area (Å²) < 4.78 is 1.77. The molecule has 0 spiro atoms. The van der Waals surface area contributed by atoms with Crippen molar-refractivity contribution in [1.29, 1.82) is 0 Å². The number of benzene rings is 1. The van der Waals surface area contributed by atoms with Gasteiger partial charge in [-0.2, -0.15) is 5.10 Å². The minimum atomic E-state index is -0.293. The van der Waals surface area contributed by atoms with Gasteiger partial charge < -0.3 is 5.32 Å². The van der Waals surface area contributed by atoms with Crippen molar-refractivity contribution in [2.45, 2.75) is 6.54 Å². The molecule has 3 rings (SSSR count). The van der Waals surface area contributed by atoms with Crippen molar-refractivity contribution < 1.29 is 4.79 Å². The molecule has 0 saturated carbocycles. The van der Waals surface area contributed by atoms with Crippen molar-refractivity contribution in [2.75, 3.05) is 0 Å². The zero-order chi connectivity index (χ0) is 17.1. The molecule has 0 atom stereocenters. The Morgan fingerprint density at radius 1 is 1.17 bits per heavy atom. The highest BCUT2D eigenvalue weighted by molar-refractivity contribution is 6.35. The van der Waals surface area contributed by atoms with Crippen LogP contribution in [0.2, 0.25) is 10.0 Å². The van der Waals surface area contributed by atoms with Crippen LogP contribution < -0.4 is 5.32 Å². The van der Waals surface area contributed by atoms with E-state index >= 15 is 0 Å². The minimum Gasteiger partial charge on any atom is -0.346 e. The molecule has 2 aromatic heterocycles. The van der Waals surface area contributed by atoms with Gasteiger partial charge in [0.15, 0.2) is 0 Å². The fourth-order valence-corrected chi connectivity index (χ4v) is 2.72. The Morgan fingerprint density at radius 2 is 1.92 bits per heavy atom. The van der Waals surface area contributed by atoms with Gasteiger partial charge in [0, 0.05) is 30.0 Å². The lowest BCUT2D eigenvalue weighted by molar-refractivity contribution is 0.0950. The van der Waals surface area contributed by atoms with Crippen molar-refractivity contribution in [2.24, 2.45) is 7.05 Å². The van der Waals surface area contributed by atoms with E-state index in [0.717, 1.165) is 17.0 Å². The minimum absolute atomic E-state index is 0.292. The molecule has 1 amide bonds. The van der Waals surface area contributed by atoms with Crippen molar-refractivity contribution >= 4 is 29.1 Å². The number of nitrogens with zero attached hydrogens (tertiary/aromatic N) is 3. The van der Waals surface area contributed by atoms with Gasteiger partial charge in [0.2, 0.25) is 0 Å². The Labute approximate surface area is 149 Å². The highest BCUT2D eigenvalue weighted by Crippen LogP contribution is 2.21. The monoisotopic (exact) mass is 360 g/mol. The second kappa shape index (κ2) is 7.03. The molecule has 0 unspecified atom stereocenters. The molecule has 7 heteroatoms. The van der Waals surface area contributed by atoms with Gasteiger partial charge in [-0.05, 0) is 36.4 Å². The number of carbonyl (C=O) groups is 1. The SMILES string of the molecule is Cn1nc(CNC(=O)c2cc(Cl)ccc2Cl)cc1-c1ccncc1. The van der Waals surface area contributed by atoms with Crippen LogP contribution in [0.1, 0.15) is 16.1 Å². The Bertz CT molecular complexity index is 878. The smallest absolute Gasteiger partial charge is 0.253 e. The fourth-order valence-electron chi connectivity index (χ4n) is 2.34. The predicted octanol–water partition coefficient (Wildman–Crippen LogP) is 3.72. The number of carbonyl (C=O) groups excluding carboxylic acids is 1. The maximum atomic E-state index is 12.3. The first-order valence-electron chi connectivity index (χ1n) is 7.21. The summed E-state index contributed by atoms with van der Waals surface area (Å²) in [5, 5.41) is 8.04. The molecule has 0 bridgehead atoms. The molecule has 2 heterocycles. The lowest BCUT2D eigenvalue weighted by Gasteiger charge is -2.05. The number of amides is 1. The molecule has 0 radical (unpaired) electrons. The molecule has 3 aromatic rings. The molecule has 24 heavy (non-hydrogen) atoms. The molecular formula is C17H14Cl2N4O. The van der Waals surface area contributed by atoms with Crippen LogP contribution in [0.25, 0.3) is 11.3 Å². The lowest BCUT2D eigenvalue weighted by Crippen LogP contribution is -2.23. The average Bonchev–Trinajstić information content (AvgIpc) is 2.96. The number of halogens is 2. The molecular weight excluding hydrogens is 347 g/mol. The summed E-state index contributed by atoms with van der Waals surface area (Å²) in [5.74, 6) is -0.293. The summed E-state index contributed by atoms with van der Waals surface area (Å²) in [6.07, 6.45) is 3.45. The number of aromatic nitrogens is 3. The topological polar surface area (TPSA) is 59.8 Å². The van der Waals surface area contributed by atoms with E-state index in [-0.39, 0.29) is 5.91 Å². The fraction of sp³-hybridized carbons (Fsp3) is 0.118. The van der Waals surface area contributed by atoms with E-state index in [9.17, 15) is 4.79 Å². The summed E-state index contributed by atoms with van der Waals surface area (Å²) in [7, 11) is 1.86. The summed E-state index contributed by atoms with van der Waals surface area (Å²) in [4.78, 5) is 16.3. The molecule has 1 N–H and O–H groups in total. The highest BCUT2D eigenvalue weighted by Gasteiger charge is 2.12. The van der Waals surface area contributed by atoms with E-state index in [4.69, 9.17) is 23.2 Å². The van der Waals surface area contributed by atoms with Crippen LogP contribution in [0.4, 0.5) is 0 Å². The van der Waals surface area contributed by atoms with Gasteiger partial charge >= 0.3 is 0 Å². The van der Waals surface area contributed by atoms with Gasteiger partial charge in [0.05, 0.1) is 28.5 Å². The second-order valence-electron chi connectivity index (χ2n) is 5.19. The maximum Gasteiger partial charge on any atom is 0.253 e. The molecule has 0 aliphatic heterocycles. The maximum absolute atomic E-state index is 12.3. The van der Waals surface area contributed by atoms with E-state index in [2.05, 4.69) is 15.4 Å². The number of hydrogen-bond acceptors (Lipinski definition) is 3. The van der Waals surface area contributed by atoms with Gasteiger partial charge in [-0.15, -0.1) is 0 Å². The number of hydrogen-bond donors (Lipinski definition) is 1. The first kappa shape index (κ1) is 16.5. The summed E-state index contributed by atoms with van der Waals surface area (Å²) >= 11 is 11.9. The third-order valence-electron chi connectivity index (χ3n) is 3.51. The summed E-state index contributed by atoms with van der Waals surface area (Å²) in [5.41, 5.74) is 3.04. The van der Waals surface area contributed by atoms with Crippen molar-refractivity contribution in [3.05, 3.63) is 70.1 Å². The average molecular weight is 361 g/mol. The summed E-state index contributed by atoms with van der Waals surface area (Å²) in [6, 6.07) is 10.5. The van der Waals surface area contributed by atoms with Crippen molar-refractivity contribution in [1.82, 2.24) is 20.1 Å². The number of pyridine rings is 1. The van der Waals surface area contributed by atoms with Crippen LogP contribution in [0.5, 0.6) is 0 Å². The van der Waals surface area contributed by atoms with Crippen LogP contribution in [0.3, 0.4) is 0 Å². The third kappa shape index (κ3) is 3.58. The van der Waals surface area contributed by atoms with Crippen LogP contribution in [-0.2, 0) is 13.6 Å². The van der Waals surface area contributed by atoms with Crippen LogP contribution in [0.15, 0.2) is 48.8 Å². The summed E-state index contributed by atoms with van der Waals surface area (Å²) in [6.45, 7) is 0.292. The first-order chi connectivity index (χ1) is 11.5. The highest BCUT2D eigenvalue weighted by atomic mass is 35.5. The molecule has 0 fully saturated rings. The quantitative estimate of drug-likeness (QED) is 0.771. The normalized spacial score (nSPS) is 10.6. The van der Waals surface area contributed by atoms with Gasteiger partial charge in [-0.3, -0.25) is 14.5 Å². The number of rotatable bonds is 4. The lowest BCUT2D eigenvalue weighted by atomic mass is 10.2. The zero-order valence-corrected chi connectivity index (χ0v) is 14.3. The van der Waals surface area contributed by atoms with Gasteiger partial charge in [-0.25, -0.2) is 0 Å². The van der Waals surface area contributed by atoms with E-state index in [1.165, 1.54) is 0 Å². The van der Waals surface area contributed by atoms with Crippen LogP contribution >= 0.6 is 23.2 Å². The molecule has 0 aliphatic rings. The van der Waals surface area contributed by atoms with Crippen molar-refractivity contribution in [3.8, 4) is 11.3 Å². The second-order valence-corrected chi connectivity index (χ2v) is 6.03. The first-order valence-corrected chi connectivity index (χ1v) is 7.97. The van der Waals surface area contributed by atoms with E-state index in [1.54, 1.807) is 35.3 Å². The number of aryl methyl sites for hydroxylation is 1. The third-order valence-corrected chi connectivity index (χ3v) is 4.07. The van der Waals surface area contributed by atoms with E-state index in [1.807, 2.05) is 25.2 Å². The Balaban J connectivity index is 1.73. The Kier molecular flexibility index (Phi) is 4.83. The molecule has 5 nitrogen and oxygen atoms in total. The zero-order valence-electron chi connectivity index (χ0n) is 12.8. The van der Waals surface area contributed by atoms with E-state index < -0.39 is 0 Å². The van der Waals surface area contributed by atoms with Crippen LogP contribution in [0, 0.1) is 0 Å². The van der Waals surface area contributed by atoms with E-state index in [0.29, 0.717) is 22.2 Å². The Hall–Kier alpha value is -2.37. The molecule has 0 aliphatic carbocycles. The Morgan fingerprint density at radius 3 is 2.67 bits per heavy atom. The van der Waals surface area contributed by atoms with Gasteiger partial charge in [0.1, 0.15) is 0 Å².